The van der Waals surface area contributed by atoms with Gasteiger partial charge in [0.25, 0.3) is 0 Å². The van der Waals surface area contributed by atoms with E-state index in [0.717, 1.165) is 0 Å². The van der Waals surface area contributed by atoms with Crippen molar-refractivity contribution in [2.75, 3.05) is 7.11 Å². The lowest BCUT2D eigenvalue weighted by Crippen LogP contribution is -2.03. The van der Waals surface area contributed by atoms with E-state index < -0.39 is 11.4 Å². The van der Waals surface area contributed by atoms with Gasteiger partial charge in [-0.1, -0.05) is 12.1 Å². The third kappa shape index (κ3) is 2.03. The molecule has 2 aromatic carbocycles. The van der Waals surface area contributed by atoms with Gasteiger partial charge in [0.2, 0.25) is 5.89 Å². The summed E-state index contributed by atoms with van der Waals surface area (Å²) in [6.45, 7) is 0. The Morgan fingerprint density at radius 1 is 1.20 bits per heavy atom. The van der Waals surface area contributed by atoms with Crippen molar-refractivity contribution in [3.05, 3.63) is 58.7 Å². The maximum Gasteiger partial charge on any atom is 0.347 e. The quantitative estimate of drug-likeness (QED) is 0.719. The predicted octanol–water partition coefficient (Wildman–Crippen LogP) is 3.00. The van der Waals surface area contributed by atoms with Crippen LogP contribution >= 0.6 is 0 Å². The Bertz CT molecular complexity index is 842. The number of hydrogen-bond donors (Lipinski definition) is 0. The van der Waals surface area contributed by atoms with Crippen molar-refractivity contribution in [2.45, 2.75) is 0 Å². The van der Waals surface area contributed by atoms with E-state index in [4.69, 9.17) is 9.15 Å². The van der Waals surface area contributed by atoms with E-state index in [1.54, 1.807) is 30.3 Å². The Labute approximate surface area is 113 Å². The van der Waals surface area contributed by atoms with Crippen LogP contribution in [0.4, 0.5) is 4.39 Å². The van der Waals surface area contributed by atoms with Crippen LogP contribution in [0.1, 0.15) is 0 Å². The van der Waals surface area contributed by atoms with Crippen LogP contribution < -0.4 is 10.4 Å². The molecule has 0 fully saturated rings. The van der Waals surface area contributed by atoms with Gasteiger partial charge >= 0.3 is 5.63 Å². The molecule has 0 aliphatic rings. The van der Waals surface area contributed by atoms with Gasteiger partial charge in [-0.05, 0) is 30.3 Å². The molecule has 0 aliphatic heterocycles. The molecule has 20 heavy (non-hydrogen) atoms. The van der Waals surface area contributed by atoms with Crippen molar-refractivity contribution in [2.24, 2.45) is 0 Å². The molecular formula is C15H10FNO3. The van der Waals surface area contributed by atoms with Crippen molar-refractivity contribution < 1.29 is 13.5 Å². The molecule has 0 spiro atoms. The summed E-state index contributed by atoms with van der Waals surface area (Å²) in [5.74, 6) is 0.00650. The van der Waals surface area contributed by atoms with Gasteiger partial charge < -0.3 is 9.15 Å². The zero-order valence-electron chi connectivity index (χ0n) is 10.6. The van der Waals surface area contributed by atoms with Crippen LogP contribution in [-0.2, 0) is 0 Å². The fraction of sp³-hybridized carbons (Fsp3) is 0.0667. The van der Waals surface area contributed by atoms with Crippen LogP contribution in [0.3, 0.4) is 0 Å². The van der Waals surface area contributed by atoms with Crippen molar-refractivity contribution in [3.63, 3.8) is 0 Å². The SMILES string of the molecule is COc1ccc2nc(-c3ccccc3F)oc(=O)c2c1. The van der Waals surface area contributed by atoms with Crippen LogP contribution in [-0.4, -0.2) is 12.1 Å². The zero-order valence-corrected chi connectivity index (χ0v) is 10.6. The van der Waals surface area contributed by atoms with Gasteiger partial charge in [-0.3, -0.25) is 0 Å². The third-order valence-corrected chi connectivity index (χ3v) is 2.94. The van der Waals surface area contributed by atoms with E-state index in [9.17, 15) is 9.18 Å². The second-order valence-corrected chi connectivity index (χ2v) is 4.17. The first kappa shape index (κ1) is 12.3. The van der Waals surface area contributed by atoms with E-state index in [1.807, 2.05) is 0 Å². The molecule has 1 aromatic heterocycles. The molecule has 100 valence electrons. The van der Waals surface area contributed by atoms with E-state index in [2.05, 4.69) is 4.98 Å². The summed E-state index contributed by atoms with van der Waals surface area (Å²) in [6.07, 6.45) is 0. The van der Waals surface area contributed by atoms with E-state index in [0.29, 0.717) is 16.7 Å². The van der Waals surface area contributed by atoms with Crippen molar-refractivity contribution in [1.82, 2.24) is 4.98 Å². The normalized spacial score (nSPS) is 10.7. The molecule has 0 bridgehead atoms. The zero-order chi connectivity index (χ0) is 14.1. The van der Waals surface area contributed by atoms with Crippen LogP contribution in [0.2, 0.25) is 0 Å². The van der Waals surface area contributed by atoms with E-state index >= 15 is 0 Å². The smallest absolute Gasteiger partial charge is 0.347 e. The average molecular weight is 271 g/mol. The highest BCUT2D eigenvalue weighted by Crippen LogP contribution is 2.23. The summed E-state index contributed by atoms with van der Waals surface area (Å²) in [6, 6.07) is 10.9. The maximum atomic E-state index is 13.7. The van der Waals surface area contributed by atoms with Gasteiger partial charge in [0.1, 0.15) is 11.6 Å². The van der Waals surface area contributed by atoms with Crippen LogP contribution in [0.5, 0.6) is 5.75 Å². The minimum Gasteiger partial charge on any atom is -0.497 e. The molecule has 3 aromatic rings. The molecule has 0 saturated heterocycles. The Balaban J connectivity index is 2.26. The third-order valence-electron chi connectivity index (χ3n) is 2.94. The lowest BCUT2D eigenvalue weighted by Gasteiger charge is -2.04. The predicted molar refractivity (Wildman–Crippen MR) is 72.2 cm³/mol. The number of rotatable bonds is 2. The van der Waals surface area contributed by atoms with Gasteiger partial charge in [0, 0.05) is 0 Å². The molecule has 0 N–H and O–H groups in total. The summed E-state index contributed by atoms with van der Waals surface area (Å²) < 4.78 is 23.8. The first-order chi connectivity index (χ1) is 9.69. The molecular weight excluding hydrogens is 261 g/mol. The number of nitrogens with zero attached hydrogens (tertiary/aromatic N) is 1. The molecule has 5 heteroatoms. The van der Waals surface area contributed by atoms with Gasteiger partial charge in [0.15, 0.2) is 0 Å². The highest BCUT2D eigenvalue weighted by atomic mass is 19.1. The molecule has 0 aliphatic carbocycles. The van der Waals surface area contributed by atoms with Gasteiger partial charge in [0.05, 0.1) is 23.6 Å². The lowest BCUT2D eigenvalue weighted by molar-refractivity contribution is 0.415. The first-order valence-corrected chi connectivity index (χ1v) is 5.93. The molecule has 0 unspecified atom stereocenters. The molecule has 4 nitrogen and oxygen atoms in total. The number of fused-ring (bicyclic) bond motifs is 1. The fourth-order valence-electron chi connectivity index (χ4n) is 1.93. The number of methoxy groups -OCH3 is 1. The fourth-order valence-corrected chi connectivity index (χ4v) is 1.93. The summed E-state index contributed by atoms with van der Waals surface area (Å²) in [7, 11) is 1.50. The van der Waals surface area contributed by atoms with Crippen molar-refractivity contribution in [1.29, 1.82) is 0 Å². The van der Waals surface area contributed by atoms with Gasteiger partial charge in [-0.2, -0.15) is 0 Å². The van der Waals surface area contributed by atoms with Crippen molar-refractivity contribution in [3.8, 4) is 17.2 Å². The molecule has 3 rings (SSSR count). The molecule has 0 amide bonds. The monoisotopic (exact) mass is 271 g/mol. The van der Waals surface area contributed by atoms with Gasteiger partial charge in [-0.15, -0.1) is 0 Å². The number of ether oxygens (including phenoxy) is 1. The highest BCUT2D eigenvalue weighted by molar-refractivity contribution is 5.80. The topological polar surface area (TPSA) is 52.3 Å². The van der Waals surface area contributed by atoms with Crippen molar-refractivity contribution >= 4 is 10.9 Å². The van der Waals surface area contributed by atoms with E-state index in [-0.39, 0.29) is 11.5 Å². The number of aromatic nitrogens is 1. The van der Waals surface area contributed by atoms with E-state index in [1.165, 1.54) is 19.2 Å². The first-order valence-electron chi connectivity index (χ1n) is 5.93. The van der Waals surface area contributed by atoms with Crippen LogP contribution in [0.25, 0.3) is 22.4 Å². The lowest BCUT2D eigenvalue weighted by atomic mass is 10.2. The summed E-state index contributed by atoms with van der Waals surface area (Å²) >= 11 is 0. The minimum atomic E-state index is -0.577. The summed E-state index contributed by atoms with van der Waals surface area (Å²) in [4.78, 5) is 16.1. The van der Waals surface area contributed by atoms with Crippen LogP contribution in [0, 0.1) is 5.82 Å². The number of halogens is 1. The molecule has 0 saturated carbocycles. The Hall–Kier alpha value is -2.69. The molecule has 1 heterocycles. The Morgan fingerprint density at radius 3 is 2.75 bits per heavy atom. The minimum absolute atomic E-state index is 0.0363. The molecule has 0 radical (unpaired) electrons. The Morgan fingerprint density at radius 2 is 2.00 bits per heavy atom. The summed E-state index contributed by atoms with van der Waals surface area (Å²) in [5, 5.41) is 0.296. The largest absolute Gasteiger partial charge is 0.497 e. The maximum absolute atomic E-state index is 13.7. The second kappa shape index (κ2) is 4.77. The average Bonchev–Trinajstić information content (AvgIpc) is 2.47. The second-order valence-electron chi connectivity index (χ2n) is 4.17. The standard InChI is InChI=1S/C15H10FNO3/c1-19-9-6-7-13-11(8-9)15(18)20-14(17-13)10-4-2-3-5-12(10)16/h2-8H,1H3. The number of hydrogen-bond acceptors (Lipinski definition) is 4. The molecule has 0 atom stereocenters. The number of benzene rings is 2. The summed E-state index contributed by atoms with van der Waals surface area (Å²) in [5.41, 5.74) is 0.00905. The Kier molecular flexibility index (Phi) is 2.95. The highest BCUT2D eigenvalue weighted by Gasteiger charge is 2.12. The van der Waals surface area contributed by atoms with Crippen LogP contribution in [0.15, 0.2) is 51.7 Å². The van der Waals surface area contributed by atoms with Gasteiger partial charge in [-0.25, -0.2) is 14.2 Å².